The second kappa shape index (κ2) is 5.10. The van der Waals surface area contributed by atoms with Gasteiger partial charge in [-0.2, -0.15) is 0 Å². The van der Waals surface area contributed by atoms with Crippen molar-refractivity contribution in [3.05, 3.63) is 32.9 Å². The number of nitrogens with one attached hydrogen (secondary N) is 1. The number of thiophene rings is 1. The molecule has 2 rings (SSSR count). The van der Waals surface area contributed by atoms with Gasteiger partial charge in [-0.3, -0.25) is 0 Å². The van der Waals surface area contributed by atoms with Crippen molar-refractivity contribution in [2.75, 3.05) is 0 Å². The van der Waals surface area contributed by atoms with Gasteiger partial charge in [0.15, 0.2) is 0 Å². The molecule has 1 nitrogen and oxygen atoms in total. The highest BCUT2D eigenvalue weighted by Gasteiger charge is 2.08. The van der Waals surface area contributed by atoms with E-state index in [9.17, 15) is 0 Å². The van der Waals surface area contributed by atoms with E-state index in [2.05, 4.69) is 44.8 Å². The Bertz CT molecular complexity index is 319. The second-order valence-electron chi connectivity index (χ2n) is 3.62. The van der Waals surface area contributed by atoms with Gasteiger partial charge in [0, 0.05) is 12.6 Å². The maximum absolute atomic E-state index is 3.59. The summed E-state index contributed by atoms with van der Waals surface area (Å²) in [5.41, 5.74) is 1.39. The molecule has 1 N–H and O–H groups in total. The van der Waals surface area contributed by atoms with Crippen LogP contribution < -0.4 is 5.32 Å². The van der Waals surface area contributed by atoms with Gasteiger partial charge in [0.25, 0.3) is 0 Å². The zero-order valence-electron chi connectivity index (χ0n) is 8.00. The van der Waals surface area contributed by atoms with Crippen LogP contribution in [0.5, 0.6) is 0 Å². The summed E-state index contributed by atoms with van der Waals surface area (Å²) < 4.78 is 1.22. The lowest BCUT2D eigenvalue weighted by Gasteiger charge is -2.18. The lowest BCUT2D eigenvalue weighted by Crippen LogP contribution is -2.28. The summed E-state index contributed by atoms with van der Waals surface area (Å²) in [5, 5.41) is 5.79. The molecule has 1 aliphatic carbocycles. The van der Waals surface area contributed by atoms with Gasteiger partial charge in [-0.15, -0.1) is 11.3 Å². The van der Waals surface area contributed by atoms with E-state index in [1.807, 2.05) is 0 Å². The van der Waals surface area contributed by atoms with E-state index >= 15 is 0 Å². The van der Waals surface area contributed by atoms with E-state index in [1.54, 1.807) is 11.3 Å². The first kappa shape index (κ1) is 10.4. The maximum atomic E-state index is 3.59. The second-order valence-corrected chi connectivity index (χ2v) is 5.91. The van der Waals surface area contributed by atoms with E-state index in [0.29, 0.717) is 6.04 Å². The molecule has 1 aromatic rings. The molecule has 14 heavy (non-hydrogen) atoms. The molecule has 0 aromatic carbocycles. The van der Waals surface area contributed by atoms with E-state index in [1.165, 1.54) is 28.6 Å². The van der Waals surface area contributed by atoms with Crippen molar-refractivity contribution in [3.8, 4) is 0 Å². The molecule has 1 atom stereocenters. The van der Waals surface area contributed by atoms with Crippen molar-refractivity contribution >= 4 is 27.3 Å². The first-order chi connectivity index (χ1) is 6.84. The molecule has 1 aliphatic rings. The van der Waals surface area contributed by atoms with Gasteiger partial charge in [0.2, 0.25) is 0 Å². The topological polar surface area (TPSA) is 12.0 Å². The molecule has 0 saturated heterocycles. The van der Waals surface area contributed by atoms with E-state index in [4.69, 9.17) is 0 Å². The van der Waals surface area contributed by atoms with Crippen LogP contribution in [0.25, 0.3) is 0 Å². The van der Waals surface area contributed by atoms with Crippen LogP contribution in [0.3, 0.4) is 0 Å². The highest BCUT2D eigenvalue weighted by atomic mass is 79.9. The zero-order chi connectivity index (χ0) is 9.80. The molecule has 1 heterocycles. The first-order valence-electron chi connectivity index (χ1n) is 4.96. The molecule has 0 saturated carbocycles. The van der Waals surface area contributed by atoms with Gasteiger partial charge in [-0.1, -0.05) is 12.2 Å². The molecule has 1 unspecified atom stereocenters. The van der Waals surface area contributed by atoms with Gasteiger partial charge < -0.3 is 5.32 Å². The lowest BCUT2D eigenvalue weighted by molar-refractivity contribution is 0.475. The summed E-state index contributed by atoms with van der Waals surface area (Å²) >= 11 is 5.23. The van der Waals surface area contributed by atoms with Crippen molar-refractivity contribution in [2.45, 2.75) is 31.8 Å². The van der Waals surface area contributed by atoms with Crippen LogP contribution in [0.15, 0.2) is 27.4 Å². The average Bonchev–Trinajstić information content (AvgIpc) is 2.63. The minimum absolute atomic E-state index is 0.679. The third-order valence-corrected chi connectivity index (χ3v) is 4.04. The Morgan fingerprint density at radius 2 is 2.43 bits per heavy atom. The normalized spacial score (nSPS) is 21.4. The first-order valence-corrected chi connectivity index (χ1v) is 6.63. The monoisotopic (exact) mass is 271 g/mol. The molecule has 0 spiro atoms. The largest absolute Gasteiger partial charge is 0.310 e. The lowest BCUT2D eigenvalue weighted by atomic mass is 10.0. The number of rotatable bonds is 3. The smallest absolute Gasteiger partial charge is 0.0701 e. The minimum Gasteiger partial charge on any atom is -0.310 e. The maximum Gasteiger partial charge on any atom is 0.0701 e. The molecule has 0 amide bonds. The van der Waals surface area contributed by atoms with Crippen molar-refractivity contribution in [1.82, 2.24) is 5.32 Å². The number of hydrogen-bond acceptors (Lipinski definition) is 2. The van der Waals surface area contributed by atoms with E-state index in [-0.39, 0.29) is 0 Å². The Morgan fingerprint density at radius 1 is 1.50 bits per heavy atom. The predicted molar refractivity (Wildman–Crippen MR) is 65.6 cm³/mol. The van der Waals surface area contributed by atoms with Crippen LogP contribution in [-0.2, 0) is 6.54 Å². The summed E-state index contributed by atoms with van der Waals surface area (Å²) in [5.74, 6) is 0. The molecule has 3 heteroatoms. The third kappa shape index (κ3) is 2.94. The number of hydrogen-bond donors (Lipinski definition) is 1. The molecule has 1 aromatic heterocycles. The van der Waals surface area contributed by atoms with Crippen LogP contribution >= 0.6 is 27.3 Å². The zero-order valence-corrected chi connectivity index (χ0v) is 10.4. The van der Waals surface area contributed by atoms with Crippen LogP contribution in [0.2, 0.25) is 0 Å². The van der Waals surface area contributed by atoms with Gasteiger partial charge in [-0.25, -0.2) is 0 Å². The van der Waals surface area contributed by atoms with Gasteiger partial charge in [0.05, 0.1) is 3.79 Å². The van der Waals surface area contributed by atoms with Crippen LogP contribution in [0.1, 0.15) is 24.8 Å². The highest BCUT2D eigenvalue weighted by Crippen LogP contribution is 2.21. The molecular weight excluding hydrogens is 258 g/mol. The Balaban J connectivity index is 1.79. The van der Waals surface area contributed by atoms with Gasteiger partial charge in [0.1, 0.15) is 0 Å². The van der Waals surface area contributed by atoms with Gasteiger partial charge >= 0.3 is 0 Å². The summed E-state index contributed by atoms with van der Waals surface area (Å²) in [6.07, 6.45) is 8.25. The Kier molecular flexibility index (Phi) is 3.79. The molecule has 76 valence electrons. The highest BCUT2D eigenvalue weighted by molar-refractivity contribution is 9.11. The van der Waals surface area contributed by atoms with Crippen LogP contribution in [-0.4, -0.2) is 6.04 Å². The molecule has 0 aliphatic heterocycles. The summed E-state index contributed by atoms with van der Waals surface area (Å²) in [4.78, 5) is 0. The van der Waals surface area contributed by atoms with E-state index in [0.717, 1.165) is 6.54 Å². The molecule has 0 radical (unpaired) electrons. The summed E-state index contributed by atoms with van der Waals surface area (Å²) in [6.45, 7) is 1.00. The fourth-order valence-corrected chi connectivity index (χ4v) is 2.89. The van der Waals surface area contributed by atoms with Crippen LogP contribution in [0, 0.1) is 0 Å². The molecular formula is C11H14BrNS. The molecule has 0 fully saturated rings. The summed E-state index contributed by atoms with van der Waals surface area (Å²) in [6, 6.07) is 2.87. The van der Waals surface area contributed by atoms with Gasteiger partial charge in [-0.05, 0) is 52.2 Å². The molecule has 0 bridgehead atoms. The average molecular weight is 272 g/mol. The summed E-state index contributed by atoms with van der Waals surface area (Å²) in [7, 11) is 0. The minimum atomic E-state index is 0.679. The van der Waals surface area contributed by atoms with Crippen molar-refractivity contribution in [3.63, 3.8) is 0 Å². The number of halogens is 1. The standard InChI is InChI=1S/C11H14BrNS/c12-11-6-9(8-14-11)7-13-10-4-2-1-3-5-10/h1-2,6,8,10,13H,3-5,7H2. The quantitative estimate of drug-likeness (QED) is 0.827. The fraction of sp³-hybridized carbons (Fsp3) is 0.455. The Morgan fingerprint density at radius 3 is 3.07 bits per heavy atom. The van der Waals surface area contributed by atoms with Crippen molar-refractivity contribution in [1.29, 1.82) is 0 Å². The van der Waals surface area contributed by atoms with Crippen LogP contribution in [0.4, 0.5) is 0 Å². The van der Waals surface area contributed by atoms with Crippen molar-refractivity contribution < 1.29 is 0 Å². The fourth-order valence-electron chi connectivity index (χ4n) is 1.68. The SMILES string of the molecule is Brc1cc(CNC2CC=CCC2)cs1. The van der Waals surface area contributed by atoms with Crippen molar-refractivity contribution in [2.24, 2.45) is 0 Å². The van der Waals surface area contributed by atoms with E-state index < -0.39 is 0 Å². The number of allylic oxidation sites excluding steroid dienone is 1. The Hall–Kier alpha value is -0.120. The Labute approximate surface area is 97.3 Å². The predicted octanol–water partition coefficient (Wildman–Crippen LogP) is 3.71. The third-order valence-electron chi connectivity index (χ3n) is 2.49.